The SMILES string of the molecule is C/C(=C\C=C\C(C)CNC(=O)N1CCCC1)[C@H]1OC(=O)C[C@@H](O)CC[C@](C)(O)[C@@H](OC(=O)N2CCN(C)CC2)/C=C/[C@@H]1C. The number of amides is 3. The number of allylic oxidation sites excluding steroid dienone is 2. The first-order valence-electron chi connectivity index (χ1n) is 15.7. The molecule has 0 aromatic rings. The molecule has 43 heavy (non-hydrogen) atoms. The lowest BCUT2D eigenvalue weighted by Gasteiger charge is -2.36. The number of carbonyl (C=O) groups excluding carboxylic acids is 3. The topological polar surface area (TPSA) is 132 Å². The highest BCUT2D eigenvalue weighted by atomic mass is 16.6. The number of aliphatic hydroxyl groups is 2. The minimum absolute atomic E-state index is 0.0288. The van der Waals surface area contributed by atoms with Crippen LogP contribution in [-0.4, -0.2) is 120 Å². The lowest BCUT2D eigenvalue weighted by molar-refractivity contribution is -0.151. The van der Waals surface area contributed by atoms with E-state index in [4.69, 9.17) is 9.47 Å². The molecule has 3 heterocycles. The third-order valence-corrected chi connectivity index (χ3v) is 8.53. The molecule has 0 radical (unpaired) electrons. The number of ether oxygens (including phenoxy) is 2. The number of hydrogen-bond acceptors (Lipinski definition) is 8. The van der Waals surface area contributed by atoms with Gasteiger partial charge in [-0.25, -0.2) is 9.59 Å². The number of nitrogens with one attached hydrogen (secondary N) is 1. The largest absolute Gasteiger partial charge is 0.457 e. The Morgan fingerprint density at radius 3 is 2.51 bits per heavy atom. The molecule has 0 aromatic heterocycles. The molecule has 3 aliphatic rings. The summed E-state index contributed by atoms with van der Waals surface area (Å²) in [6.45, 7) is 12.1. The molecule has 11 heteroatoms. The first-order valence-corrected chi connectivity index (χ1v) is 15.7. The van der Waals surface area contributed by atoms with Crippen LogP contribution >= 0.6 is 0 Å². The maximum atomic E-state index is 13.0. The molecular weight excluding hydrogens is 552 g/mol. The van der Waals surface area contributed by atoms with Crippen LogP contribution in [0.2, 0.25) is 0 Å². The number of rotatable bonds is 6. The predicted octanol–water partition coefficient (Wildman–Crippen LogP) is 3.08. The van der Waals surface area contributed by atoms with Crippen molar-refractivity contribution < 1.29 is 34.1 Å². The van der Waals surface area contributed by atoms with Gasteiger partial charge in [0.1, 0.15) is 11.7 Å². The van der Waals surface area contributed by atoms with Crippen molar-refractivity contribution in [3.63, 3.8) is 0 Å². The zero-order valence-electron chi connectivity index (χ0n) is 26.5. The predicted molar refractivity (Wildman–Crippen MR) is 164 cm³/mol. The number of likely N-dealkylation sites (N-methyl/N-ethyl adjacent to an activating group) is 1. The molecule has 0 saturated carbocycles. The summed E-state index contributed by atoms with van der Waals surface area (Å²) in [6, 6.07) is -0.0288. The summed E-state index contributed by atoms with van der Waals surface area (Å²) in [7, 11) is 2.00. The molecule has 0 spiro atoms. The van der Waals surface area contributed by atoms with Crippen LogP contribution < -0.4 is 5.32 Å². The van der Waals surface area contributed by atoms with E-state index >= 15 is 0 Å². The van der Waals surface area contributed by atoms with E-state index in [-0.39, 0.29) is 37.1 Å². The van der Waals surface area contributed by atoms with Crippen molar-refractivity contribution in [3.8, 4) is 0 Å². The van der Waals surface area contributed by atoms with Gasteiger partial charge in [-0.3, -0.25) is 4.79 Å². The van der Waals surface area contributed by atoms with E-state index in [1.807, 2.05) is 57.0 Å². The second-order valence-electron chi connectivity index (χ2n) is 12.7. The summed E-state index contributed by atoms with van der Waals surface area (Å²) in [5.41, 5.74) is -0.661. The Bertz CT molecular complexity index is 1030. The van der Waals surface area contributed by atoms with Gasteiger partial charge in [0.25, 0.3) is 0 Å². The Kier molecular flexibility index (Phi) is 13.1. The van der Waals surface area contributed by atoms with Crippen LogP contribution in [-0.2, 0) is 14.3 Å². The van der Waals surface area contributed by atoms with Gasteiger partial charge in [0.05, 0.1) is 12.5 Å². The molecule has 3 rings (SSSR count). The molecule has 3 aliphatic heterocycles. The van der Waals surface area contributed by atoms with Crippen molar-refractivity contribution in [1.82, 2.24) is 20.0 Å². The van der Waals surface area contributed by atoms with Crippen molar-refractivity contribution in [2.75, 3.05) is 52.9 Å². The zero-order valence-corrected chi connectivity index (χ0v) is 26.5. The van der Waals surface area contributed by atoms with Crippen molar-refractivity contribution in [1.29, 1.82) is 0 Å². The van der Waals surface area contributed by atoms with Gasteiger partial charge in [-0.05, 0) is 64.1 Å². The van der Waals surface area contributed by atoms with Gasteiger partial charge in [-0.1, -0.05) is 38.2 Å². The van der Waals surface area contributed by atoms with Crippen LogP contribution in [0.3, 0.4) is 0 Å². The van der Waals surface area contributed by atoms with E-state index in [2.05, 4.69) is 10.2 Å². The maximum absolute atomic E-state index is 13.0. The van der Waals surface area contributed by atoms with E-state index in [1.54, 1.807) is 17.9 Å². The summed E-state index contributed by atoms with van der Waals surface area (Å²) in [5, 5.41) is 24.8. The van der Waals surface area contributed by atoms with E-state index in [1.165, 1.54) is 0 Å². The Labute approximate surface area is 256 Å². The number of cyclic esters (lactones) is 1. The molecule has 11 nitrogen and oxygen atoms in total. The van der Waals surface area contributed by atoms with E-state index in [0.29, 0.717) is 19.6 Å². The minimum Gasteiger partial charge on any atom is -0.457 e. The van der Waals surface area contributed by atoms with Crippen molar-refractivity contribution >= 4 is 18.1 Å². The number of esters is 1. The van der Waals surface area contributed by atoms with Crippen molar-refractivity contribution in [3.05, 3.63) is 36.0 Å². The highest BCUT2D eigenvalue weighted by Gasteiger charge is 2.36. The van der Waals surface area contributed by atoms with E-state index < -0.39 is 36.0 Å². The third kappa shape index (κ3) is 11.0. The smallest absolute Gasteiger partial charge is 0.410 e. The quantitative estimate of drug-likeness (QED) is 0.240. The fourth-order valence-corrected chi connectivity index (χ4v) is 5.46. The average molecular weight is 605 g/mol. The monoisotopic (exact) mass is 604 g/mol. The summed E-state index contributed by atoms with van der Waals surface area (Å²) >= 11 is 0. The minimum atomic E-state index is -1.45. The number of likely N-dealkylation sites (tertiary alicyclic amines) is 1. The number of nitrogens with zero attached hydrogens (tertiary/aromatic N) is 3. The van der Waals surface area contributed by atoms with Crippen molar-refractivity contribution in [2.24, 2.45) is 11.8 Å². The molecule has 2 fully saturated rings. The van der Waals surface area contributed by atoms with Gasteiger partial charge in [0, 0.05) is 51.7 Å². The summed E-state index contributed by atoms with van der Waals surface area (Å²) < 4.78 is 11.7. The van der Waals surface area contributed by atoms with Gasteiger partial charge >= 0.3 is 18.1 Å². The molecule has 0 aromatic carbocycles. The molecule has 0 aliphatic carbocycles. The number of piperazine rings is 1. The van der Waals surface area contributed by atoms with Crippen LogP contribution in [0.15, 0.2) is 36.0 Å². The number of hydrogen-bond donors (Lipinski definition) is 3. The van der Waals surface area contributed by atoms with Crippen molar-refractivity contribution in [2.45, 2.75) is 83.7 Å². The van der Waals surface area contributed by atoms with Crippen LogP contribution in [0, 0.1) is 11.8 Å². The number of aliphatic hydroxyl groups excluding tert-OH is 1. The third-order valence-electron chi connectivity index (χ3n) is 8.53. The van der Waals surface area contributed by atoms with Crippen LogP contribution in [0.5, 0.6) is 0 Å². The van der Waals surface area contributed by atoms with Crippen LogP contribution in [0.25, 0.3) is 0 Å². The van der Waals surface area contributed by atoms with Gasteiger partial charge < -0.3 is 39.7 Å². The Morgan fingerprint density at radius 2 is 1.84 bits per heavy atom. The maximum Gasteiger partial charge on any atom is 0.410 e. The summed E-state index contributed by atoms with van der Waals surface area (Å²) in [4.78, 5) is 43.6. The number of carbonyl (C=O) groups is 3. The normalized spacial score (nSPS) is 31.6. The fourth-order valence-electron chi connectivity index (χ4n) is 5.46. The molecule has 3 N–H and O–H groups in total. The standard InChI is InChI=1S/C32H52N4O7/c1-23(22-33-30(39)35-15-6-7-16-35)9-8-10-24(2)29-25(3)11-12-27(42-31(40)36-19-17-34(5)18-20-36)32(4,41)14-13-26(37)21-28(38)43-29/h8-12,23,25-27,29,37,41H,6-7,13-22H2,1-5H3,(H,33,39)/b9-8+,12-11+,24-10+/t23?,25-,26-,27-,29+,32-/m0/s1. The number of urea groups is 1. The molecule has 242 valence electrons. The van der Waals surface area contributed by atoms with Crippen LogP contribution in [0.1, 0.15) is 59.8 Å². The lowest BCUT2D eigenvalue weighted by atomic mass is 9.89. The second kappa shape index (κ2) is 16.3. The summed E-state index contributed by atoms with van der Waals surface area (Å²) in [5.74, 6) is -0.742. The second-order valence-corrected chi connectivity index (χ2v) is 12.7. The molecule has 1 unspecified atom stereocenters. The Hall–Kier alpha value is -2.89. The van der Waals surface area contributed by atoms with Crippen LogP contribution in [0.4, 0.5) is 9.59 Å². The first kappa shape index (κ1) is 34.6. The highest BCUT2D eigenvalue weighted by Crippen LogP contribution is 2.27. The van der Waals surface area contributed by atoms with E-state index in [0.717, 1.165) is 44.6 Å². The first-order chi connectivity index (χ1) is 20.4. The Morgan fingerprint density at radius 1 is 1.16 bits per heavy atom. The highest BCUT2D eigenvalue weighted by molar-refractivity contribution is 5.74. The van der Waals surface area contributed by atoms with Gasteiger partial charge in [0.15, 0.2) is 6.10 Å². The molecule has 6 atom stereocenters. The lowest BCUT2D eigenvalue weighted by Crippen LogP contribution is -2.50. The molecule has 3 amide bonds. The zero-order chi connectivity index (χ0) is 31.6. The van der Waals surface area contributed by atoms with Gasteiger partial charge in [0.2, 0.25) is 0 Å². The average Bonchev–Trinajstić information content (AvgIpc) is 3.50. The fraction of sp³-hybridized carbons (Fsp3) is 0.719. The molecular formula is C32H52N4O7. The summed E-state index contributed by atoms with van der Waals surface area (Å²) in [6.07, 6.45) is 8.32. The molecule has 0 bridgehead atoms. The Balaban J connectivity index is 1.71. The van der Waals surface area contributed by atoms with Gasteiger partial charge in [-0.2, -0.15) is 0 Å². The van der Waals surface area contributed by atoms with E-state index in [9.17, 15) is 24.6 Å². The molecule has 2 saturated heterocycles. The van der Waals surface area contributed by atoms with Gasteiger partial charge in [-0.15, -0.1) is 0 Å².